The van der Waals surface area contributed by atoms with Gasteiger partial charge in [-0.1, -0.05) is 0 Å². The lowest BCUT2D eigenvalue weighted by Gasteiger charge is -2.36. The maximum atomic E-state index is 12.4. The third-order valence-electron chi connectivity index (χ3n) is 3.71. The van der Waals surface area contributed by atoms with Crippen molar-refractivity contribution in [1.82, 2.24) is 10.3 Å². The average Bonchev–Trinajstić information content (AvgIpc) is 2.68. The molecule has 1 fully saturated rings. The minimum absolute atomic E-state index is 0.0122. The molecule has 0 spiro atoms. The Morgan fingerprint density at radius 2 is 2.05 bits per heavy atom. The van der Waals surface area contributed by atoms with Gasteiger partial charge in [-0.05, 0) is 44.3 Å². The van der Waals surface area contributed by atoms with E-state index in [9.17, 15) is 9.59 Å². The molecule has 1 amide bonds. The molecular weight excluding hydrogens is 276 g/mol. The monoisotopic (exact) mass is 296 g/mol. The fraction of sp³-hybridized carbons (Fsp3) is 0.571. The van der Waals surface area contributed by atoms with Gasteiger partial charge in [0, 0.05) is 11.4 Å². The number of hydrogen-bond acceptors (Lipinski definition) is 3. The largest absolute Gasteiger partial charge is 0.481 e. The quantitative estimate of drug-likeness (QED) is 0.794. The molecule has 1 saturated heterocycles. The molecule has 0 atom stereocenters. The van der Waals surface area contributed by atoms with E-state index >= 15 is 0 Å². The minimum atomic E-state index is -0.862. The molecule has 0 aliphatic carbocycles. The Kier molecular flexibility index (Phi) is 4.42. The van der Waals surface area contributed by atoms with E-state index in [4.69, 9.17) is 5.11 Å². The highest BCUT2D eigenvalue weighted by atomic mass is 32.2. The highest BCUT2D eigenvalue weighted by Crippen LogP contribution is 2.30. The number of carbonyl (C=O) groups excluding carboxylic acids is 1. The number of hydrogen-bond donors (Lipinski definition) is 3. The molecule has 3 N–H and O–H groups in total. The van der Waals surface area contributed by atoms with Crippen LogP contribution in [0.1, 0.15) is 41.0 Å². The number of amides is 1. The van der Waals surface area contributed by atoms with E-state index in [0.717, 1.165) is 22.9 Å². The number of carboxylic acids is 1. The summed E-state index contributed by atoms with van der Waals surface area (Å²) in [5, 5.41) is 12.1. The predicted molar refractivity (Wildman–Crippen MR) is 79.3 cm³/mol. The normalized spacial score (nSPS) is 17.7. The predicted octanol–water partition coefficient (Wildman–Crippen LogP) is 2.10. The third kappa shape index (κ3) is 3.36. The Morgan fingerprint density at radius 1 is 1.40 bits per heavy atom. The Balaban J connectivity index is 2.17. The topological polar surface area (TPSA) is 82.2 Å². The van der Waals surface area contributed by atoms with E-state index in [1.54, 1.807) is 17.8 Å². The zero-order valence-electron chi connectivity index (χ0n) is 11.8. The van der Waals surface area contributed by atoms with Crippen LogP contribution in [0.15, 0.2) is 6.07 Å². The van der Waals surface area contributed by atoms with E-state index in [0.29, 0.717) is 18.4 Å². The van der Waals surface area contributed by atoms with Crippen LogP contribution in [0, 0.1) is 13.8 Å². The minimum Gasteiger partial charge on any atom is -0.481 e. The lowest BCUT2D eigenvalue weighted by Crippen LogP contribution is -2.52. The number of aliphatic carboxylic acids is 1. The molecule has 6 heteroatoms. The molecule has 2 rings (SSSR count). The number of thioether (sulfide) groups is 1. The van der Waals surface area contributed by atoms with Crippen LogP contribution in [0.2, 0.25) is 0 Å². The highest BCUT2D eigenvalue weighted by molar-refractivity contribution is 7.99. The van der Waals surface area contributed by atoms with Crippen molar-refractivity contribution in [1.29, 1.82) is 0 Å². The summed E-state index contributed by atoms with van der Waals surface area (Å²) in [6.07, 6.45) is 1.40. The van der Waals surface area contributed by atoms with Crippen LogP contribution < -0.4 is 5.32 Å². The molecule has 110 valence electrons. The Labute approximate surface area is 122 Å². The second kappa shape index (κ2) is 5.91. The van der Waals surface area contributed by atoms with Crippen molar-refractivity contribution in [2.45, 2.75) is 38.6 Å². The van der Waals surface area contributed by atoms with Gasteiger partial charge in [0.05, 0.1) is 17.5 Å². The number of aromatic nitrogens is 1. The van der Waals surface area contributed by atoms with Crippen molar-refractivity contribution in [2.75, 3.05) is 11.5 Å². The first-order chi connectivity index (χ1) is 9.42. The van der Waals surface area contributed by atoms with Crippen LogP contribution in [0.5, 0.6) is 0 Å². The molecule has 1 aromatic rings. The van der Waals surface area contributed by atoms with Gasteiger partial charge in [-0.15, -0.1) is 0 Å². The molecule has 5 nitrogen and oxygen atoms in total. The Hall–Kier alpha value is -1.43. The van der Waals surface area contributed by atoms with Gasteiger partial charge in [-0.25, -0.2) is 0 Å². The summed E-state index contributed by atoms with van der Waals surface area (Å²) in [7, 11) is 0. The third-order valence-corrected chi connectivity index (χ3v) is 4.70. The molecule has 20 heavy (non-hydrogen) atoms. The summed E-state index contributed by atoms with van der Waals surface area (Å²) in [6.45, 7) is 3.75. The SMILES string of the molecule is Cc1cc(C(=O)NC2(CC(=O)O)CCSCC2)c(C)[nH]1. The zero-order valence-corrected chi connectivity index (χ0v) is 12.6. The van der Waals surface area contributed by atoms with Crippen molar-refractivity contribution in [3.8, 4) is 0 Å². The van der Waals surface area contributed by atoms with Crippen LogP contribution in [0.25, 0.3) is 0 Å². The maximum absolute atomic E-state index is 12.4. The van der Waals surface area contributed by atoms with Gasteiger partial charge in [-0.3, -0.25) is 9.59 Å². The summed E-state index contributed by atoms with van der Waals surface area (Å²) in [5.41, 5.74) is 1.74. The van der Waals surface area contributed by atoms with Crippen molar-refractivity contribution in [2.24, 2.45) is 0 Å². The van der Waals surface area contributed by atoms with E-state index in [1.807, 2.05) is 13.8 Å². The lowest BCUT2D eigenvalue weighted by molar-refractivity contribution is -0.138. The van der Waals surface area contributed by atoms with E-state index in [1.165, 1.54) is 0 Å². The zero-order chi connectivity index (χ0) is 14.8. The lowest BCUT2D eigenvalue weighted by atomic mass is 9.88. The molecule has 1 aliphatic heterocycles. The fourth-order valence-electron chi connectivity index (χ4n) is 2.67. The maximum Gasteiger partial charge on any atom is 0.305 e. The van der Waals surface area contributed by atoms with Crippen molar-refractivity contribution < 1.29 is 14.7 Å². The molecular formula is C14H20N2O3S. The summed E-state index contributed by atoms with van der Waals surface area (Å²) in [6, 6.07) is 1.80. The van der Waals surface area contributed by atoms with E-state index < -0.39 is 11.5 Å². The molecule has 0 aromatic carbocycles. The molecule has 0 radical (unpaired) electrons. The second-order valence-corrected chi connectivity index (χ2v) is 6.63. The highest BCUT2D eigenvalue weighted by Gasteiger charge is 2.36. The molecule has 0 saturated carbocycles. The Morgan fingerprint density at radius 3 is 2.55 bits per heavy atom. The van der Waals surface area contributed by atoms with Gasteiger partial charge >= 0.3 is 5.97 Å². The van der Waals surface area contributed by atoms with Crippen LogP contribution in [0.3, 0.4) is 0 Å². The Bertz CT molecular complexity index is 518. The number of carboxylic acid groups (broad SMARTS) is 1. The van der Waals surface area contributed by atoms with Crippen LogP contribution in [0.4, 0.5) is 0 Å². The molecule has 1 aliphatic rings. The van der Waals surface area contributed by atoms with Crippen molar-refractivity contribution in [3.63, 3.8) is 0 Å². The van der Waals surface area contributed by atoms with Gasteiger partial charge in [0.2, 0.25) is 0 Å². The van der Waals surface area contributed by atoms with Gasteiger partial charge < -0.3 is 15.4 Å². The molecule has 0 bridgehead atoms. The second-order valence-electron chi connectivity index (χ2n) is 5.41. The number of rotatable bonds is 4. The number of aryl methyl sites for hydroxylation is 2. The molecule has 2 heterocycles. The van der Waals surface area contributed by atoms with Gasteiger partial charge in [0.15, 0.2) is 0 Å². The van der Waals surface area contributed by atoms with Crippen molar-refractivity contribution >= 4 is 23.6 Å². The van der Waals surface area contributed by atoms with Gasteiger partial charge in [0.1, 0.15) is 0 Å². The standard InChI is InChI=1S/C14H20N2O3S/c1-9-7-11(10(2)15-9)13(19)16-14(8-12(17)18)3-5-20-6-4-14/h7,15H,3-6,8H2,1-2H3,(H,16,19)(H,17,18). The van der Waals surface area contributed by atoms with Crippen LogP contribution in [-0.4, -0.2) is 39.0 Å². The van der Waals surface area contributed by atoms with Gasteiger partial charge in [0.25, 0.3) is 5.91 Å². The van der Waals surface area contributed by atoms with E-state index in [-0.39, 0.29) is 12.3 Å². The summed E-state index contributed by atoms with van der Waals surface area (Å²) in [4.78, 5) is 26.6. The van der Waals surface area contributed by atoms with Crippen molar-refractivity contribution in [3.05, 3.63) is 23.0 Å². The average molecular weight is 296 g/mol. The number of nitrogens with one attached hydrogen (secondary N) is 2. The van der Waals surface area contributed by atoms with Crippen LogP contribution in [-0.2, 0) is 4.79 Å². The molecule has 1 aromatic heterocycles. The van der Waals surface area contributed by atoms with Crippen LogP contribution >= 0.6 is 11.8 Å². The first-order valence-electron chi connectivity index (χ1n) is 6.70. The number of aromatic amines is 1. The first-order valence-corrected chi connectivity index (χ1v) is 7.86. The fourth-order valence-corrected chi connectivity index (χ4v) is 3.94. The smallest absolute Gasteiger partial charge is 0.305 e. The first kappa shape index (κ1) is 15.0. The summed E-state index contributed by atoms with van der Waals surface area (Å²) < 4.78 is 0. The number of H-pyrrole nitrogens is 1. The van der Waals surface area contributed by atoms with E-state index in [2.05, 4.69) is 10.3 Å². The summed E-state index contributed by atoms with van der Waals surface area (Å²) in [5.74, 6) is 0.733. The molecule has 0 unspecified atom stereocenters. The number of carbonyl (C=O) groups is 2. The van der Waals surface area contributed by atoms with Gasteiger partial charge in [-0.2, -0.15) is 11.8 Å². The summed E-state index contributed by atoms with van der Waals surface area (Å²) >= 11 is 1.80.